The van der Waals surface area contributed by atoms with Crippen molar-refractivity contribution < 1.29 is 0 Å². The Morgan fingerprint density at radius 2 is 1.70 bits per heavy atom. The number of nitrogens with two attached hydrogens (primary N) is 1. The Labute approximate surface area is 126 Å². The maximum absolute atomic E-state index is 6.12. The van der Waals surface area contributed by atoms with E-state index in [0.29, 0.717) is 10.7 Å². The Bertz CT molecular complexity index is 627. The van der Waals surface area contributed by atoms with Gasteiger partial charge in [-0.15, -0.1) is 0 Å². The van der Waals surface area contributed by atoms with Crippen LogP contribution >= 0.6 is 11.6 Å². The van der Waals surface area contributed by atoms with Crippen LogP contribution in [-0.2, 0) is 5.41 Å². The largest absolute Gasteiger partial charge is 0.398 e. The topological polar surface area (TPSA) is 38.0 Å². The van der Waals surface area contributed by atoms with Crippen molar-refractivity contribution in [3.63, 3.8) is 0 Å². The first-order valence-corrected chi connectivity index (χ1v) is 7.09. The highest BCUT2D eigenvalue weighted by Crippen LogP contribution is 2.34. The van der Waals surface area contributed by atoms with E-state index < -0.39 is 0 Å². The summed E-state index contributed by atoms with van der Waals surface area (Å²) in [7, 11) is 0. The molecule has 2 rings (SSSR count). The third kappa shape index (κ3) is 3.07. The number of benzene rings is 2. The van der Waals surface area contributed by atoms with Gasteiger partial charge in [-0.05, 0) is 41.7 Å². The first-order chi connectivity index (χ1) is 9.29. The van der Waals surface area contributed by atoms with E-state index in [1.165, 1.54) is 5.56 Å². The summed E-state index contributed by atoms with van der Waals surface area (Å²) in [4.78, 5) is 0. The molecule has 0 saturated heterocycles. The van der Waals surface area contributed by atoms with E-state index >= 15 is 0 Å². The van der Waals surface area contributed by atoms with E-state index in [1.807, 2.05) is 25.1 Å². The van der Waals surface area contributed by atoms with Crippen molar-refractivity contribution in [1.29, 1.82) is 0 Å². The van der Waals surface area contributed by atoms with Gasteiger partial charge in [0.1, 0.15) is 0 Å². The Morgan fingerprint density at radius 1 is 1.05 bits per heavy atom. The number of nitrogen functional groups attached to an aromatic ring is 1. The molecule has 0 amide bonds. The van der Waals surface area contributed by atoms with Crippen LogP contribution in [0.15, 0.2) is 36.4 Å². The molecule has 0 unspecified atom stereocenters. The van der Waals surface area contributed by atoms with Crippen molar-refractivity contribution in [1.82, 2.24) is 0 Å². The highest BCUT2D eigenvalue weighted by Gasteiger charge is 2.17. The molecule has 0 aromatic heterocycles. The maximum atomic E-state index is 6.12. The average Bonchev–Trinajstić information content (AvgIpc) is 2.35. The molecule has 0 spiro atoms. The van der Waals surface area contributed by atoms with E-state index in [-0.39, 0.29) is 5.41 Å². The number of hydrogen-bond donors (Lipinski definition) is 2. The van der Waals surface area contributed by atoms with Gasteiger partial charge in [0, 0.05) is 11.4 Å². The first kappa shape index (κ1) is 14.7. The van der Waals surface area contributed by atoms with Gasteiger partial charge in [0.25, 0.3) is 0 Å². The van der Waals surface area contributed by atoms with Crippen LogP contribution < -0.4 is 11.1 Å². The molecule has 0 bridgehead atoms. The van der Waals surface area contributed by atoms with Crippen LogP contribution in [0.25, 0.3) is 0 Å². The molecule has 2 nitrogen and oxygen atoms in total. The number of aryl methyl sites for hydroxylation is 1. The minimum atomic E-state index is 0.0785. The first-order valence-electron chi connectivity index (χ1n) is 6.71. The minimum Gasteiger partial charge on any atom is -0.398 e. The Morgan fingerprint density at radius 3 is 2.35 bits per heavy atom. The molecule has 106 valence electrons. The predicted molar refractivity (Wildman–Crippen MR) is 89.0 cm³/mol. The lowest BCUT2D eigenvalue weighted by molar-refractivity contribution is 0.592. The smallest absolute Gasteiger partial charge is 0.0656 e. The molecule has 3 N–H and O–H groups in total. The Hall–Kier alpha value is -1.67. The van der Waals surface area contributed by atoms with Crippen LogP contribution in [0, 0.1) is 6.92 Å². The molecule has 2 aromatic rings. The zero-order chi connectivity index (χ0) is 14.9. The second kappa shape index (κ2) is 5.37. The summed E-state index contributed by atoms with van der Waals surface area (Å²) >= 11 is 6.12. The lowest BCUT2D eigenvalue weighted by Gasteiger charge is -2.24. The van der Waals surface area contributed by atoms with Gasteiger partial charge in [-0.1, -0.05) is 50.6 Å². The van der Waals surface area contributed by atoms with Gasteiger partial charge in [-0.3, -0.25) is 0 Å². The standard InChI is InChI=1S/C17H21ClN2/c1-11-9-14(19)13(18)10-16(11)20-15-8-6-5-7-12(15)17(2,3)4/h5-10,20H,19H2,1-4H3. The lowest BCUT2D eigenvalue weighted by Crippen LogP contribution is -2.13. The van der Waals surface area contributed by atoms with Crippen LogP contribution in [0.1, 0.15) is 31.9 Å². The molecule has 0 saturated carbocycles. The van der Waals surface area contributed by atoms with E-state index in [9.17, 15) is 0 Å². The van der Waals surface area contributed by atoms with E-state index in [4.69, 9.17) is 17.3 Å². The number of para-hydroxylation sites is 1. The number of rotatable bonds is 2. The summed E-state index contributed by atoms with van der Waals surface area (Å²) in [5.74, 6) is 0. The molecule has 0 heterocycles. The van der Waals surface area contributed by atoms with E-state index in [2.05, 4.69) is 44.3 Å². The van der Waals surface area contributed by atoms with Crippen LogP contribution in [0.4, 0.5) is 17.1 Å². The van der Waals surface area contributed by atoms with Gasteiger partial charge in [-0.2, -0.15) is 0 Å². The normalized spacial score (nSPS) is 11.4. The van der Waals surface area contributed by atoms with Gasteiger partial charge in [0.05, 0.1) is 10.7 Å². The van der Waals surface area contributed by atoms with Crippen molar-refractivity contribution in [2.75, 3.05) is 11.1 Å². The zero-order valence-electron chi connectivity index (χ0n) is 12.4. The fraction of sp³-hybridized carbons (Fsp3) is 0.294. The highest BCUT2D eigenvalue weighted by molar-refractivity contribution is 6.33. The molecule has 0 radical (unpaired) electrons. The van der Waals surface area contributed by atoms with Crippen molar-refractivity contribution in [3.8, 4) is 0 Å². The molecular weight excluding hydrogens is 268 g/mol. The van der Waals surface area contributed by atoms with Gasteiger partial charge in [0.2, 0.25) is 0 Å². The molecule has 0 aliphatic rings. The highest BCUT2D eigenvalue weighted by atomic mass is 35.5. The van der Waals surface area contributed by atoms with E-state index in [1.54, 1.807) is 0 Å². The lowest BCUT2D eigenvalue weighted by atomic mass is 9.85. The predicted octanol–water partition coefficient (Wildman–Crippen LogP) is 5.27. The van der Waals surface area contributed by atoms with Gasteiger partial charge in [-0.25, -0.2) is 0 Å². The number of hydrogen-bond acceptors (Lipinski definition) is 2. The molecule has 2 aromatic carbocycles. The second-order valence-electron chi connectivity index (χ2n) is 6.11. The third-order valence-corrected chi connectivity index (χ3v) is 3.68. The summed E-state index contributed by atoms with van der Waals surface area (Å²) in [6.45, 7) is 8.64. The van der Waals surface area contributed by atoms with Crippen molar-refractivity contribution in [3.05, 3.63) is 52.5 Å². The Balaban J connectivity index is 2.43. The second-order valence-corrected chi connectivity index (χ2v) is 6.52. The zero-order valence-corrected chi connectivity index (χ0v) is 13.2. The van der Waals surface area contributed by atoms with Crippen molar-refractivity contribution >= 4 is 28.7 Å². The fourth-order valence-electron chi connectivity index (χ4n) is 2.23. The number of nitrogens with one attached hydrogen (secondary N) is 1. The molecule has 3 heteroatoms. The summed E-state index contributed by atoms with van der Waals surface area (Å²) in [5, 5.41) is 4.05. The van der Waals surface area contributed by atoms with Gasteiger partial charge < -0.3 is 11.1 Å². The number of anilines is 3. The van der Waals surface area contributed by atoms with Gasteiger partial charge >= 0.3 is 0 Å². The molecule has 0 atom stereocenters. The minimum absolute atomic E-state index is 0.0785. The fourth-order valence-corrected chi connectivity index (χ4v) is 2.39. The third-order valence-electron chi connectivity index (χ3n) is 3.35. The summed E-state index contributed by atoms with van der Waals surface area (Å²) in [6.07, 6.45) is 0. The van der Waals surface area contributed by atoms with Crippen LogP contribution in [0.5, 0.6) is 0 Å². The van der Waals surface area contributed by atoms with Crippen LogP contribution in [-0.4, -0.2) is 0 Å². The molecule has 20 heavy (non-hydrogen) atoms. The average molecular weight is 289 g/mol. The van der Waals surface area contributed by atoms with Crippen LogP contribution in [0.2, 0.25) is 5.02 Å². The molecule has 0 fully saturated rings. The summed E-state index contributed by atoms with van der Waals surface area (Å²) in [5.41, 5.74) is 10.9. The van der Waals surface area contributed by atoms with E-state index in [0.717, 1.165) is 16.9 Å². The number of halogens is 1. The molecule has 0 aliphatic heterocycles. The van der Waals surface area contributed by atoms with Crippen LogP contribution in [0.3, 0.4) is 0 Å². The van der Waals surface area contributed by atoms with Crippen molar-refractivity contribution in [2.45, 2.75) is 33.1 Å². The molecular formula is C17H21ClN2. The van der Waals surface area contributed by atoms with Gasteiger partial charge in [0.15, 0.2) is 0 Å². The quantitative estimate of drug-likeness (QED) is 0.739. The SMILES string of the molecule is Cc1cc(N)c(Cl)cc1Nc1ccccc1C(C)(C)C. The molecule has 0 aliphatic carbocycles. The van der Waals surface area contributed by atoms with Crippen molar-refractivity contribution in [2.24, 2.45) is 0 Å². The monoisotopic (exact) mass is 288 g/mol. The Kier molecular flexibility index (Phi) is 3.96. The summed E-state index contributed by atoms with van der Waals surface area (Å²) < 4.78 is 0. The maximum Gasteiger partial charge on any atom is 0.0656 e. The summed E-state index contributed by atoms with van der Waals surface area (Å²) in [6, 6.07) is 12.1.